The molecule has 2 aromatic rings. The molecule has 110 valence electrons. The van der Waals surface area contributed by atoms with E-state index in [0.29, 0.717) is 17.1 Å². The maximum absolute atomic E-state index is 13.5. The first-order valence-corrected chi connectivity index (χ1v) is 6.77. The fraction of sp³-hybridized carbons (Fsp3) is 0.200. The van der Waals surface area contributed by atoms with Crippen molar-refractivity contribution >= 4 is 17.3 Å². The van der Waals surface area contributed by atoms with Crippen molar-refractivity contribution in [3.05, 3.63) is 74.5 Å². The van der Waals surface area contributed by atoms with E-state index >= 15 is 0 Å². The molecule has 2 rings (SSSR count). The van der Waals surface area contributed by atoms with Crippen molar-refractivity contribution in [3.63, 3.8) is 0 Å². The summed E-state index contributed by atoms with van der Waals surface area (Å²) in [4.78, 5) is 9.82. The Morgan fingerprint density at radius 2 is 2.10 bits per heavy atom. The van der Waals surface area contributed by atoms with E-state index in [1.165, 1.54) is 12.1 Å². The summed E-state index contributed by atoms with van der Waals surface area (Å²) >= 11 is 5.93. The average molecular weight is 309 g/mol. The second-order valence-corrected chi connectivity index (χ2v) is 5.14. The third kappa shape index (κ3) is 4.00. The summed E-state index contributed by atoms with van der Waals surface area (Å²) in [6, 6.07) is 11.4. The van der Waals surface area contributed by atoms with Gasteiger partial charge in [0.2, 0.25) is 5.82 Å². The molecule has 0 aliphatic carbocycles. The minimum absolute atomic E-state index is 0.0296. The van der Waals surface area contributed by atoms with E-state index < -0.39 is 16.4 Å². The molecule has 0 aromatic heterocycles. The second kappa shape index (κ2) is 6.65. The summed E-state index contributed by atoms with van der Waals surface area (Å²) in [5.41, 5.74) is 1.15. The second-order valence-electron chi connectivity index (χ2n) is 4.70. The number of nitro benzene ring substituents is 1. The Morgan fingerprint density at radius 3 is 2.71 bits per heavy atom. The summed E-state index contributed by atoms with van der Waals surface area (Å²) in [6.45, 7) is 2.37. The van der Waals surface area contributed by atoms with E-state index in [0.717, 1.165) is 5.56 Å². The molecule has 0 fully saturated rings. The molecule has 0 unspecified atom stereocenters. The normalized spacial score (nSPS) is 12.1. The standard InChI is InChI=1S/C15H14ClFN2O2/c1-10(12-3-2-4-13(16)8-12)18-9-11-5-6-15(19(20)21)14(17)7-11/h2-8,10,18H,9H2,1H3/t10-/m0/s1. The number of nitrogens with zero attached hydrogens (tertiary/aromatic N) is 1. The van der Waals surface area contributed by atoms with Gasteiger partial charge >= 0.3 is 5.69 Å². The summed E-state index contributed by atoms with van der Waals surface area (Å²) in [7, 11) is 0. The third-order valence-corrected chi connectivity index (χ3v) is 3.40. The summed E-state index contributed by atoms with van der Waals surface area (Å²) in [5.74, 6) is -0.824. The SMILES string of the molecule is C[C@H](NCc1ccc([N+](=O)[O-])c(F)c1)c1cccc(Cl)c1. The molecule has 21 heavy (non-hydrogen) atoms. The highest BCUT2D eigenvalue weighted by Crippen LogP contribution is 2.20. The van der Waals surface area contributed by atoms with Gasteiger partial charge in [0.1, 0.15) is 0 Å². The Bertz CT molecular complexity index is 664. The zero-order chi connectivity index (χ0) is 15.4. The van der Waals surface area contributed by atoms with Crippen LogP contribution in [0.1, 0.15) is 24.1 Å². The number of hydrogen-bond donors (Lipinski definition) is 1. The monoisotopic (exact) mass is 308 g/mol. The number of nitro groups is 1. The first-order chi connectivity index (χ1) is 9.97. The van der Waals surface area contributed by atoms with Crippen molar-refractivity contribution in [1.29, 1.82) is 0 Å². The lowest BCUT2D eigenvalue weighted by Gasteiger charge is -2.14. The van der Waals surface area contributed by atoms with Crippen LogP contribution in [0.4, 0.5) is 10.1 Å². The molecule has 0 aliphatic heterocycles. The van der Waals surface area contributed by atoms with E-state index in [2.05, 4.69) is 5.32 Å². The van der Waals surface area contributed by atoms with Crippen LogP contribution in [0.2, 0.25) is 5.02 Å². The third-order valence-electron chi connectivity index (χ3n) is 3.17. The van der Waals surface area contributed by atoms with E-state index in [1.54, 1.807) is 12.1 Å². The average Bonchev–Trinajstić information content (AvgIpc) is 2.44. The van der Waals surface area contributed by atoms with Crippen LogP contribution in [-0.4, -0.2) is 4.92 Å². The molecule has 4 nitrogen and oxygen atoms in total. The van der Waals surface area contributed by atoms with Gasteiger partial charge in [0.25, 0.3) is 0 Å². The van der Waals surface area contributed by atoms with Gasteiger partial charge in [0.05, 0.1) is 4.92 Å². The van der Waals surface area contributed by atoms with Crippen LogP contribution >= 0.6 is 11.6 Å². The summed E-state index contributed by atoms with van der Waals surface area (Å²) in [5, 5.41) is 14.4. The van der Waals surface area contributed by atoms with Gasteiger partial charge in [-0.2, -0.15) is 4.39 Å². The van der Waals surface area contributed by atoms with Crippen molar-refractivity contribution in [1.82, 2.24) is 5.32 Å². The number of hydrogen-bond acceptors (Lipinski definition) is 3. The molecular formula is C15H14ClFN2O2. The minimum atomic E-state index is -0.824. The first kappa shape index (κ1) is 15.4. The molecular weight excluding hydrogens is 295 g/mol. The number of halogens is 2. The molecule has 1 atom stereocenters. The smallest absolute Gasteiger partial charge is 0.304 e. The Labute approximate surface area is 126 Å². The van der Waals surface area contributed by atoms with Crippen molar-refractivity contribution in [3.8, 4) is 0 Å². The molecule has 0 saturated carbocycles. The highest BCUT2D eigenvalue weighted by Gasteiger charge is 2.14. The number of nitrogens with one attached hydrogen (secondary N) is 1. The zero-order valence-electron chi connectivity index (χ0n) is 11.3. The maximum Gasteiger partial charge on any atom is 0.304 e. The van der Waals surface area contributed by atoms with Crippen LogP contribution in [0.5, 0.6) is 0 Å². The van der Waals surface area contributed by atoms with Gasteiger partial charge in [0.15, 0.2) is 0 Å². The van der Waals surface area contributed by atoms with E-state index in [9.17, 15) is 14.5 Å². The predicted octanol–water partition coefficient (Wildman–Crippen LogP) is 4.24. The Balaban J connectivity index is 2.03. The zero-order valence-corrected chi connectivity index (χ0v) is 12.1. The lowest BCUT2D eigenvalue weighted by Crippen LogP contribution is -2.18. The van der Waals surface area contributed by atoms with Gasteiger partial charge in [-0.15, -0.1) is 0 Å². The quantitative estimate of drug-likeness (QED) is 0.664. The molecule has 2 aromatic carbocycles. The van der Waals surface area contributed by atoms with Crippen LogP contribution in [0.3, 0.4) is 0 Å². The molecule has 1 N–H and O–H groups in total. The fourth-order valence-electron chi connectivity index (χ4n) is 1.97. The molecule has 0 aliphatic rings. The van der Waals surface area contributed by atoms with Gasteiger partial charge in [-0.05, 0) is 36.2 Å². The molecule has 0 spiro atoms. The highest BCUT2D eigenvalue weighted by atomic mass is 35.5. The van der Waals surface area contributed by atoms with Crippen molar-refractivity contribution in [2.75, 3.05) is 0 Å². The van der Waals surface area contributed by atoms with Gasteiger partial charge < -0.3 is 5.32 Å². The van der Waals surface area contributed by atoms with Crippen molar-refractivity contribution in [2.24, 2.45) is 0 Å². The summed E-state index contributed by atoms with van der Waals surface area (Å²) < 4.78 is 13.5. The Kier molecular flexibility index (Phi) is 4.88. The van der Waals surface area contributed by atoms with Crippen LogP contribution in [-0.2, 0) is 6.54 Å². The van der Waals surface area contributed by atoms with Crippen LogP contribution in [0.15, 0.2) is 42.5 Å². The van der Waals surface area contributed by atoms with Gasteiger partial charge in [0, 0.05) is 23.7 Å². The highest BCUT2D eigenvalue weighted by molar-refractivity contribution is 6.30. The van der Waals surface area contributed by atoms with Gasteiger partial charge in [-0.25, -0.2) is 0 Å². The van der Waals surface area contributed by atoms with E-state index in [-0.39, 0.29) is 6.04 Å². The maximum atomic E-state index is 13.5. The van der Waals surface area contributed by atoms with Crippen LogP contribution < -0.4 is 5.32 Å². The number of benzene rings is 2. The Hall–Kier alpha value is -1.98. The lowest BCUT2D eigenvalue weighted by molar-refractivity contribution is -0.387. The van der Waals surface area contributed by atoms with Crippen molar-refractivity contribution < 1.29 is 9.31 Å². The van der Waals surface area contributed by atoms with Crippen molar-refractivity contribution in [2.45, 2.75) is 19.5 Å². The first-order valence-electron chi connectivity index (χ1n) is 6.39. The molecule has 0 saturated heterocycles. The summed E-state index contributed by atoms with van der Waals surface area (Å²) in [6.07, 6.45) is 0. The fourth-order valence-corrected chi connectivity index (χ4v) is 2.17. The molecule has 0 bridgehead atoms. The molecule has 6 heteroatoms. The topological polar surface area (TPSA) is 55.2 Å². The molecule has 0 heterocycles. The lowest BCUT2D eigenvalue weighted by atomic mass is 10.1. The van der Waals surface area contributed by atoms with Gasteiger partial charge in [-0.3, -0.25) is 10.1 Å². The van der Waals surface area contributed by atoms with E-state index in [4.69, 9.17) is 11.6 Å². The predicted molar refractivity (Wildman–Crippen MR) is 79.8 cm³/mol. The van der Waals surface area contributed by atoms with Crippen LogP contribution in [0, 0.1) is 15.9 Å². The number of rotatable bonds is 5. The van der Waals surface area contributed by atoms with Gasteiger partial charge in [-0.1, -0.05) is 29.8 Å². The Morgan fingerprint density at radius 1 is 1.33 bits per heavy atom. The largest absolute Gasteiger partial charge is 0.306 e. The van der Waals surface area contributed by atoms with E-state index in [1.807, 2.05) is 25.1 Å². The molecule has 0 radical (unpaired) electrons. The minimum Gasteiger partial charge on any atom is -0.306 e. The van der Waals surface area contributed by atoms with Crippen LogP contribution in [0.25, 0.3) is 0 Å². The molecule has 0 amide bonds.